The van der Waals surface area contributed by atoms with Gasteiger partial charge in [0.2, 0.25) is 5.91 Å². The Morgan fingerprint density at radius 3 is 2.34 bits per heavy atom. The molecule has 0 unspecified atom stereocenters. The molecular weight excluding hydrogens is 434 g/mol. The summed E-state index contributed by atoms with van der Waals surface area (Å²) in [5, 5.41) is 8.12. The predicted octanol–water partition coefficient (Wildman–Crippen LogP) is 4.59. The van der Waals surface area contributed by atoms with Crippen LogP contribution in [0.25, 0.3) is 10.8 Å². The van der Waals surface area contributed by atoms with Crippen molar-refractivity contribution in [1.82, 2.24) is 9.78 Å². The zero-order chi connectivity index (χ0) is 20.2. The fraction of sp³-hybridized carbons (Fsp3) is 0.0455. The third-order valence-electron chi connectivity index (χ3n) is 4.24. The number of amides is 1. The molecular formula is C22H16BrN3O3. The topological polar surface area (TPSA) is 73.2 Å². The Bertz CT molecular complexity index is 1220. The molecule has 144 valence electrons. The number of hydrogen-bond acceptors (Lipinski definition) is 4. The molecule has 0 aliphatic rings. The fourth-order valence-corrected chi connectivity index (χ4v) is 3.09. The zero-order valence-electron chi connectivity index (χ0n) is 15.2. The van der Waals surface area contributed by atoms with Gasteiger partial charge < -0.3 is 10.1 Å². The highest BCUT2D eigenvalue weighted by Crippen LogP contribution is 2.24. The van der Waals surface area contributed by atoms with Crippen LogP contribution in [-0.2, 0) is 11.3 Å². The monoisotopic (exact) mass is 449 g/mol. The summed E-state index contributed by atoms with van der Waals surface area (Å²) in [4.78, 5) is 24.8. The third kappa shape index (κ3) is 4.52. The van der Waals surface area contributed by atoms with E-state index >= 15 is 0 Å². The van der Waals surface area contributed by atoms with Crippen molar-refractivity contribution >= 4 is 38.3 Å². The highest BCUT2D eigenvalue weighted by Gasteiger charge is 2.09. The molecule has 0 radical (unpaired) electrons. The third-order valence-corrected chi connectivity index (χ3v) is 4.77. The second-order valence-electron chi connectivity index (χ2n) is 6.32. The van der Waals surface area contributed by atoms with Crippen molar-refractivity contribution in [3.8, 4) is 11.5 Å². The van der Waals surface area contributed by atoms with E-state index in [9.17, 15) is 9.59 Å². The number of nitrogens with zero attached hydrogens (tertiary/aromatic N) is 2. The van der Waals surface area contributed by atoms with Gasteiger partial charge in [-0.3, -0.25) is 9.59 Å². The summed E-state index contributed by atoms with van der Waals surface area (Å²) in [6.07, 6.45) is 1.58. The van der Waals surface area contributed by atoms with Gasteiger partial charge in [-0.1, -0.05) is 34.1 Å². The van der Waals surface area contributed by atoms with Gasteiger partial charge in [0.05, 0.1) is 11.6 Å². The van der Waals surface area contributed by atoms with E-state index in [0.29, 0.717) is 22.6 Å². The van der Waals surface area contributed by atoms with Gasteiger partial charge in [-0.2, -0.15) is 5.10 Å². The van der Waals surface area contributed by atoms with Gasteiger partial charge in [0.15, 0.2) is 0 Å². The molecule has 6 nitrogen and oxygen atoms in total. The number of anilines is 1. The Balaban J connectivity index is 1.41. The van der Waals surface area contributed by atoms with E-state index in [4.69, 9.17) is 4.74 Å². The van der Waals surface area contributed by atoms with Gasteiger partial charge in [-0.25, -0.2) is 4.68 Å². The zero-order valence-corrected chi connectivity index (χ0v) is 16.8. The molecule has 4 rings (SSSR count). The van der Waals surface area contributed by atoms with E-state index in [1.54, 1.807) is 42.6 Å². The van der Waals surface area contributed by atoms with Crippen molar-refractivity contribution in [3.63, 3.8) is 0 Å². The van der Waals surface area contributed by atoms with Crippen LogP contribution in [-0.4, -0.2) is 15.7 Å². The molecule has 0 fully saturated rings. The Kier molecular flexibility index (Phi) is 5.39. The maximum Gasteiger partial charge on any atom is 0.275 e. The molecule has 1 aromatic heterocycles. The first kappa shape index (κ1) is 18.9. The van der Waals surface area contributed by atoms with Gasteiger partial charge in [-0.15, -0.1) is 0 Å². The number of nitrogens with one attached hydrogen (secondary N) is 1. The van der Waals surface area contributed by atoms with Crippen LogP contribution in [0.15, 0.2) is 88.3 Å². The van der Waals surface area contributed by atoms with Crippen molar-refractivity contribution in [3.05, 3.63) is 93.8 Å². The molecule has 0 aliphatic heterocycles. The van der Waals surface area contributed by atoms with Crippen molar-refractivity contribution in [2.75, 3.05) is 5.32 Å². The lowest BCUT2D eigenvalue weighted by atomic mass is 10.2. The minimum absolute atomic E-state index is 0.166. The second-order valence-corrected chi connectivity index (χ2v) is 7.24. The molecule has 0 spiro atoms. The number of fused-ring (bicyclic) bond motifs is 1. The van der Waals surface area contributed by atoms with Crippen LogP contribution in [0.2, 0.25) is 0 Å². The largest absolute Gasteiger partial charge is 0.457 e. The van der Waals surface area contributed by atoms with Crippen LogP contribution in [0.5, 0.6) is 11.5 Å². The van der Waals surface area contributed by atoms with E-state index in [0.717, 1.165) is 14.5 Å². The first-order valence-electron chi connectivity index (χ1n) is 8.87. The molecule has 1 N–H and O–H groups in total. The normalized spacial score (nSPS) is 10.7. The van der Waals surface area contributed by atoms with Crippen molar-refractivity contribution in [2.24, 2.45) is 0 Å². The Hall–Kier alpha value is -3.45. The van der Waals surface area contributed by atoms with Gasteiger partial charge in [-0.05, 0) is 54.6 Å². The minimum atomic E-state index is -0.337. The summed E-state index contributed by atoms with van der Waals surface area (Å²) in [5.74, 6) is 1.03. The van der Waals surface area contributed by atoms with Crippen LogP contribution < -0.4 is 15.6 Å². The lowest BCUT2D eigenvalue weighted by Crippen LogP contribution is -2.29. The summed E-state index contributed by atoms with van der Waals surface area (Å²) in [6, 6.07) is 21.7. The average molecular weight is 450 g/mol. The molecule has 0 saturated carbocycles. The van der Waals surface area contributed by atoms with E-state index in [1.807, 2.05) is 36.4 Å². The van der Waals surface area contributed by atoms with E-state index < -0.39 is 0 Å². The highest BCUT2D eigenvalue weighted by atomic mass is 79.9. The van der Waals surface area contributed by atoms with Crippen LogP contribution in [0.4, 0.5) is 5.69 Å². The summed E-state index contributed by atoms with van der Waals surface area (Å²) in [7, 11) is 0. The molecule has 29 heavy (non-hydrogen) atoms. The van der Waals surface area contributed by atoms with Crippen LogP contribution in [0, 0.1) is 0 Å². The number of rotatable bonds is 5. The first-order chi connectivity index (χ1) is 14.1. The number of ether oxygens (including phenoxy) is 1. The van der Waals surface area contributed by atoms with Gasteiger partial charge in [0.25, 0.3) is 5.56 Å². The summed E-state index contributed by atoms with van der Waals surface area (Å²) in [5.41, 5.74) is 0.309. The molecule has 4 aromatic rings. The quantitative estimate of drug-likeness (QED) is 0.483. The molecule has 0 atom stereocenters. The number of carbonyl (C=O) groups is 1. The molecule has 0 bridgehead atoms. The van der Waals surface area contributed by atoms with Gasteiger partial charge >= 0.3 is 0 Å². The van der Waals surface area contributed by atoms with Gasteiger partial charge in [0, 0.05) is 15.5 Å². The molecule has 7 heteroatoms. The van der Waals surface area contributed by atoms with Crippen molar-refractivity contribution in [2.45, 2.75) is 6.54 Å². The minimum Gasteiger partial charge on any atom is -0.457 e. The summed E-state index contributed by atoms with van der Waals surface area (Å²) >= 11 is 3.38. The predicted molar refractivity (Wildman–Crippen MR) is 115 cm³/mol. The lowest BCUT2D eigenvalue weighted by Gasteiger charge is -2.09. The lowest BCUT2D eigenvalue weighted by molar-refractivity contribution is -0.117. The van der Waals surface area contributed by atoms with Crippen molar-refractivity contribution in [1.29, 1.82) is 0 Å². The number of benzene rings is 3. The summed E-state index contributed by atoms with van der Waals surface area (Å²) in [6.45, 7) is -0.166. The molecule has 0 saturated heterocycles. The number of hydrogen-bond donors (Lipinski definition) is 1. The van der Waals surface area contributed by atoms with E-state index in [1.165, 1.54) is 0 Å². The standard InChI is InChI=1S/C22H16BrN3O3/c23-16-5-9-18(10-6-16)29-19-11-7-17(8-12-19)25-21(27)14-26-22(28)20-4-2-1-3-15(20)13-24-26/h1-13H,14H2,(H,25,27). The second kappa shape index (κ2) is 8.28. The van der Waals surface area contributed by atoms with Crippen molar-refractivity contribution < 1.29 is 9.53 Å². The number of aromatic nitrogens is 2. The Morgan fingerprint density at radius 2 is 1.62 bits per heavy atom. The SMILES string of the molecule is O=C(Cn1ncc2ccccc2c1=O)Nc1ccc(Oc2ccc(Br)cc2)cc1. The van der Waals surface area contributed by atoms with Crippen LogP contribution in [0.3, 0.4) is 0 Å². The highest BCUT2D eigenvalue weighted by molar-refractivity contribution is 9.10. The van der Waals surface area contributed by atoms with Crippen LogP contribution >= 0.6 is 15.9 Å². The fourth-order valence-electron chi connectivity index (χ4n) is 2.82. The average Bonchev–Trinajstić information content (AvgIpc) is 2.73. The maximum atomic E-state index is 12.5. The summed E-state index contributed by atoms with van der Waals surface area (Å²) < 4.78 is 7.89. The molecule has 0 aliphatic carbocycles. The van der Waals surface area contributed by atoms with Gasteiger partial charge in [0.1, 0.15) is 18.0 Å². The smallest absolute Gasteiger partial charge is 0.275 e. The Labute approximate surface area is 174 Å². The molecule has 3 aromatic carbocycles. The molecule has 1 amide bonds. The van der Waals surface area contributed by atoms with E-state index in [-0.39, 0.29) is 18.0 Å². The number of carbonyl (C=O) groups excluding carboxylic acids is 1. The number of halogens is 1. The first-order valence-corrected chi connectivity index (χ1v) is 9.66. The Morgan fingerprint density at radius 1 is 0.966 bits per heavy atom. The van der Waals surface area contributed by atoms with E-state index in [2.05, 4.69) is 26.3 Å². The van der Waals surface area contributed by atoms with Crippen LogP contribution in [0.1, 0.15) is 0 Å². The maximum absolute atomic E-state index is 12.5. The molecule has 1 heterocycles.